The van der Waals surface area contributed by atoms with Crippen molar-refractivity contribution in [2.75, 3.05) is 47.4 Å². The largest absolute Gasteiger partial charge is 0.466 e. The summed E-state index contributed by atoms with van der Waals surface area (Å²) < 4.78 is 10.3. The molecule has 2 aliphatic rings. The molecule has 2 aromatic rings. The van der Waals surface area contributed by atoms with Crippen LogP contribution < -0.4 is 5.32 Å². The number of hydrogen-bond acceptors (Lipinski definition) is 8. The fourth-order valence-electron chi connectivity index (χ4n) is 5.07. The van der Waals surface area contributed by atoms with E-state index in [1.54, 1.807) is 53.4 Å². The number of dihydropyridines is 1. The number of piperazine rings is 1. The van der Waals surface area contributed by atoms with E-state index in [1.165, 1.54) is 14.2 Å². The number of likely N-dealkylation sites (N-methyl/N-ethyl adjacent to an activating group) is 1. The van der Waals surface area contributed by atoms with Crippen LogP contribution in [0.3, 0.4) is 0 Å². The Morgan fingerprint density at radius 3 is 1.88 bits per heavy atom. The number of esters is 2. The molecule has 0 bridgehead atoms. The fraction of sp³-hybridized carbons (Fsp3) is 0.333. The molecule has 0 spiro atoms. The Bertz CT molecular complexity index is 1390. The number of halogens is 2. The number of rotatable bonds is 8. The Hall–Kier alpha value is -3.66. The molecule has 1 amide bonds. The Morgan fingerprint density at radius 2 is 1.34 bits per heavy atom. The van der Waals surface area contributed by atoms with Crippen molar-refractivity contribution in [3.05, 3.63) is 92.2 Å². The van der Waals surface area contributed by atoms with Crippen molar-refractivity contribution in [3.63, 3.8) is 0 Å². The standard InChI is InChI=1S/C30H31Cl2N3O6/c1-34-12-14-35(15-13-34)24(37)17-22-27(30(39)41-3)28(25-19(31)10-7-11-20(25)32)26(29(38)40-2)21(33-22)16-23(36)18-8-5-4-6-9-18/h4-11,28,33H,12-17H2,1-3H3. The van der Waals surface area contributed by atoms with Crippen molar-refractivity contribution in [1.82, 2.24) is 15.1 Å². The molecule has 2 heterocycles. The van der Waals surface area contributed by atoms with Gasteiger partial charge in [-0.15, -0.1) is 0 Å². The number of amides is 1. The minimum Gasteiger partial charge on any atom is -0.466 e. The molecule has 41 heavy (non-hydrogen) atoms. The molecule has 1 unspecified atom stereocenters. The lowest BCUT2D eigenvalue weighted by molar-refractivity contribution is -0.137. The third kappa shape index (κ3) is 6.64. The van der Waals surface area contributed by atoms with E-state index in [9.17, 15) is 19.2 Å². The quantitative estimate of drug-likeness (QED) is 0.359. The zero-order valence-corrected chi connectivity index (χ0v) is 24.6. The molecular weight excluding hydrogens is 569 g/mol. The summed E-state index contributed by atoms with van der Waals surface area (Å²) in [5.74, 6) is -3.26. The van der Waals surface area contributed by atoms with Crippen molar-refractivity contribution < 1.29 is 28.7 Å². The number of methoxy groups -OCH3 is 2. The highest BCUT2D eigenvalue weighted by Crippen LogP contribution is 2.46. The third-order valence-electron chi connectivity index (χ3n) is 7.25. The molecule has 0 aromatic heterocycles. The van der Waals surface area contributed by atoms with Crippen LogP contribution in [0.4, 0.5) is 0 Å². The molecule has 216 valence electrons. The molecule has 1 saturated heterocycles. The summed E-state index contributed by atoms with van der Waals surface area (Å²) in [6.07, 6.45) is -0.447. The molecule has 1 N–H and O–H groups in total. The zero-order valence-electron chi connectivity index (χ0n) is 23.0. The van der Waals surface area contributed by atoms with Gasteiger partial charge in [-0.25, -0.2) is 9.59 Å². The monoisotopic (exact) mass is 599 g/mol. The maximum absolute atomic E-state index is 13.5. The van der Waals surface area contributed by atoms with Crippen molar-refractivity contribution in [2.24, 2.45) is 0 Å². The Kier molecular flexibility index (Phi) is 9.86. The lowest BCUT2D eigenvalue weighted by Crippen LogP contribution is -2.47. The Morgan fingerprint density at radius 1 is 0.805 bits per heavy atom. The van der Waals surface area contributed by atoms with Crippen LogP contribution in [-0.2, 0) is 23.9 Å². The van der Waals surface area contributed by atoms with Crippen LogP contribution in [0.1, 0.15) is 34.7 Å². The number of carbonyl (C=O) groups is 4. The molecule has 0 aliphatic carbocycles. The summed E-state index contributed by atoms with van der Waals surface area (Å²) >= 11 is 13.3. The van der Waals surface area contributed by atoms with Gasteiger partial charge >= 0.3 is 11.9 Å². The van der Waals surface area contributed by atoms with Crippen LogP contribution in [0.25, 0.3) is 0 Å². The Labute approximate surface area is 248 Å². The number of ether oxygens (including phenoxy) is 2. The second-order valence-corrected chi connectivity index (χ2v) is 10.6. The number of Topliss-reactive ketones (excluding diaryl/α,β-unsaturated/α-hetero) is 1. The van der Waals surface area contributed by atoms with Gasteiger partial charge < -0.3 is 24.6 Å². The molecule has 9 nitrogen and oxygen atoms in total. The van der Waals surface area contributed by atoms with Crippen LogP contribution in [-0.4, -0.2) is 80.9 Å². The fourth-order valence-corrected chi connectivity index (χ4v) is 5.69. The van der Waals surface area contributed by atoms with Crippen LogP contribution in [0.5, 0.6) is 0 Å². The number of carbonyl (C=O) groups excluding carboxylic acids is 4. The predicted octanol–water partition coefficient (Wildman–Crippen LogP) is 3.97. The normalized spacial score (nSPS) is 17.7. The summed E-state index contributed by atoms with van der Waals surface area (Å²) in [7, 11) is 4.39. The molecular formula is C30H31Cl2N3O6. The molecule has 0 radical (unpaired) electrons. The van der Waals surface area contributed by atoms with Crippen molar-refractivity contribution in [3.8, 4) is 0 Å². The van der Waals surface area contributed by atoms with Gasteiger partial charge in [-0.3, -0.25) is 9.59 Å². The predicted molar refractivity (Wildman–Crippen MR) is 155 cm³/mol. The number of nitrogens with one attached hydrogen (secondary N) is 1. The smallest absolute Gasteiger partial charge is 0.336 e. The second kappa shape index (κ2) is 13.3. The van der Waals surface area contributed by atoms with Crippen molar-refractivity contribution in [1.29, 1.82) is 0 Å². The summed E-state index contributed by atoms with van der Waals surface area (Å²) in [6.45, 7) is 2.48. The number of hydrogen-bond donors (Lipinski definition) is 1. The van der Waals surface area contributed by atoms with Gasteiger partial charge in [-0.2, -0.15) is 0 Å². The van der Waals surface area contributed by atoms with Crippen LogP contribution in [0.15, 0.2) is 71.1 Å². The highest BCUT2D eigenvalue weighted by Gasteiger charge is 2.42. The van der Waals surface area contributed by atoms with E-state index < -0.39 is 17.9 Å². The van der Waals surface area contributed by atoms with Gasteiger partial charge in [0.2, 0.25) is 5.91 Å². The van der Waals surface area contributed by atoms with E-state index in [1.807, 2.05) is 7.05 Å². The van der Waals surface area contributed by atoms with E-state index in [0.29, 0.717) is 31.7 Å². The first kappa shape index (κ1) is 30.3. The second-order valence-electron chi connectivity index (χ2n) is 9.79. The summed E-state index contributed by atoms with van der Waals surface area (Å²) in [5, 5.41) is 3.47. The van der Waals surface area contributed by atoms with Crippen LogP contribution in [0.2, 0.25) is 10.0 Å². The minimum atomic E-state index is -1.17. The molecule has 0 saturated carbocycles. The van der Waals surface area contributed by atoms with E-state index >= 15 is 0 Å². The van der Waals surface area contributed by atoms with Crippen LogP contribution >= 0.6 is 23.2 Å². The average Bonchev–Trinajstić information content (AvgIpc) is 2.97. The van der Waals surface area contributed by atoms with Gasteiger partial charge in [0.05, 0.1) is 44.1 Å². The third-order valence-corrected chi connectivity index (χ3v) is 7.90. The summed E-state index contributed by atoms with van der Waals surface area (Å²) in [6, 6.07) is 13.4. The van der Waals surface area contributed by atoms with Gasteiger partial charge in [0.15, 0.2) is 5.78 Å². The first-order valence-corrected chi connectivity index (χ1v) is 13.8. The molecule has 2 aliphatic heterocycles. The van der Waals surface area contributed by atoms with Gasteiger partial charge in [-0.1, -0.05) is 59.6 Å². The summed E-state index contributed by atoms with van der Waals surface area (Å²) in [4.78, 5) is 57.5. The molecule has 1 fully saturated rings. The highest BCUT2D eigenvalue weighted by molar-refractivity contribution is 6.36. The SMILES string of the molecule is COC(=O)C1=C(CC(=O)c2ccccc2)NC(CC(=O)N2CCN(C)CC2)=C(C(=O)OC)C1c1c(Cl)cccc1Cl. The first-order chi connectivity index (χ1) is 19.7. The van der Waals surface area contributed by atoms with E-state index in [-0.39, 0.29) is 62.7 Å². The number of allylic oxidation sites excluding steroid dienone is 1. The molecule has 11 heteroatoms. The molecule has 1 atom stereocenters. The number of nitrogens with zero attached hydrogens (tertiary/aromatic N) is 2. The highest BCUT2D eigenvalue weighted by atomic mass is 35.5. The van der Waals surface area contributed by atoms with Crippen molar-refractivity contribution in [2.45, 2.75) is 18.8 Å². The lowest BCUT2D eigenvalue weighted by Gasteiger charge is -2.35. The van der Waals surface area contributed by atoms with Gasteiger partial charge in [0, 0.05) is 58.7 Å². The van der Waals surface area contributed by atoms with E-state index in [4.69, 9.17) is 32.7 Å². The maximum Gasteiger partial charge on any atom is 0.336 e. The van der Waals surface area contributed by atoms with E-state index in [2.05, 4.69) is 10.2 Å². The first-order valence-electron chi connectivity index (χ1n) is 13.0. The topological polar surface area (TPSA) is 105 Å². The van der Waals surface area contributed by atoms with Gasteiger partial charge in [0.1, 0.15) is 0 Å². The summed E-state index contributed by atoms with van der Waals surface area (Å²) in [5.41, 5.74) is 1.03. The molecule has 4 rings (SSSR count). The average molecular weight is 600 g/mol. The van der Waals surface area contributed by atoms with Gasteiger partial charge in [0.25, 0.3) is 0 Å². The Balaban J connectivity index is 1.89. The number of benzene rings is 2. The zero-order chi connectivity index (χ0) is 29.7. The lowest BCUT2D eigenvalue weighted by atomic mass is 9.78. The maximum atomic E-state index is 13.5. The van der Waals surface area contributed by atoms with Crippen molar-refractivity contribution >= 4 is 46.8 Å². The van der Waals surface area contributed by atoms with E-state index in [0.717, 1.165) is 0 Å². The number of ketones is 1. The van der Waals surface area contributed by atoms with Gasteiger partial charge in [-0.05, 0) is 19.2 Å². The molecule has 2 aromatic carbocycles. The minimum absolute atomic E-state index is 0.0127. The van der Waals surface area contributed by atoms with Crippen LogP contribution in [0, 0.1) is 0 Å².